The SMILES string of the molecule is CC(C)c1ccc(C(C)Nc2nncs2)cc1. The number of aromatic nitrogens is 2. The largest absolute Gasteiger partial charge is 0.354 e. The lowest BCUT2D eigenvalue weighted by atomic mass is 10.00. The molecule has 90 valence electrons. The molecule has 1 atom stereocenters. The van der Waals surface area contributed by atoms with Crippen LogP contribution in [0.5, 0.6) is 0 Å². The van der Waals surface area contributed by atoms with Gasteiger partial charge in [0.25, 0.3) is 0 Å². The van der Waals surface area contributed by atoms with Crippen molar-refractivity contribution in [2.75, 3.05) is 5.32 Å². The van der Waals surface area contributed by atoms with E-state index in [1.54, 1.807) is 5.51 Å². The summed E-state index contributed by atoms with van der Waals surface area (Å²) in [4.78, 5) is 0. The summed E-state index contributed by atoms with van der Waals surface area (Å²) in [6, 6.07) is 8.99. The van der Waals surface area contributed by atoms with Crippen LogP contribution in [0.25, 0.3) is 0 Å². The van der Waals surface area contributed by atoms with Crippen molar-refractivity contribution in [3.63, 3.8) is 0 Å². The van der Waals surface area contributed by atoms with E-state index in [2.05, 4.69) is 60.6 Å². The number of benzene rings is 1. The molecular formula is C13H17N3S. The Morgan fingerprint density at radius 2 is 1.71 bits per heavy atom. The Labute approximate surface area is 106 Å². The van der Waals surface area contributed by atoms with Crippen molar-refractivity contribution in [2.24, 2.45) is 0 Å². The Morgan fingerprint density at radius 3 is 2.24 bits per heavy atom. The van der Waals surface area contributed by atoms with E-state index in [0.29, 0.717) is 5.92 Å². The molecule has 1 aromatic carbocycles. The van der Waals surface area contributed by atoms with Crippen LogP contribution in [0.4, 0.5) is 5.13 Å². The van der Waals surface area contributed by atoms with Crippen molar-refractivity contribution in [2.45, 2.75) is 32.7 Å². The molecule has 4 heteroatoms. The molecule has 0 bridgehead atoms. The molecule has 3 nitrogen and oxygen atoms in total. The Morgan fingerprint density at radius 1 is 1.06 bits per heavy atom. The topological polar surface area (TPSA) is 37.8 Å². The highest BCUT2D eigenvalue weighted by molar-refractivity contribution is 7.13. The second kappa shape index (κ2) is 5.27. The first-order valence-corrected chi connectivity index (χ1v) is 6.67. The van der Waals surface area contributed by atoms with Gasteiger partial charge in [0, 0.05) is 0 Å². The molecule has 0 aliphatic heterocycles. The predicted octanol–water partition coefficient (Wildman–Crippen LogP) is 3.83. The predicted molar refractivity (Wildman–Crippen MR) is 72.5 cm³/mol. The monoisotopic (exact) mass is 247 g/mol. The molecule has 1 N–H and O–H groups in total. The highest BCUT2D eigenvalue weighted by Gasteiger charge is 2.07. The van der Waals surface area contributed by atoms with Gasteiger partial charge in [-0.3, -0.25) is 0 Å². The minimum atomic E-state index is 0.254. The molecule has 1 aromatic heterocycles. The van der Waals surface area contributed by atoms with Crippen molar-refractivity contribution in [3.05, 3.63) is 40.9 Å². The van der Waals surface area contributed by atoms with E-state index in [4.69, 9.17) is 0 Å². The minimum Gasteiger partial charge on any atom is -0.354 e. The standard InChI is InChI=1S/C13H17N3S/c1-9(2)11-4-6-12(7-5-11)10(3)15-13-16-14-8-17-13/h4-10H,1-3H3,(H,15,16). The number of nitrogens with one attached hydrogen (secondary N) is 1. The molecule has 2 rings (SSSR count). The van der Waals surface area contributed by atoms with E-state index in [0.717, 1.165) is 5.13 Å². The van der Waals surface area contributed by atoms with Crippen molar-refractivity contribution in [1.82, 2.24) is 10.2 Å². The lowest BCUT2D eigenvalue weighted by Gasteiger charge is -2.14. The summed E-state index contributed by atoms with van der Waals surface area (Å²) in [6.07, 6.45) is 0. The third-order valence-corrected chi connectivity index (χ3v) is 3.43. The lowest BCUT2D eigenvalue weighted by Crippen LogP contribution is -2.06. The van der Waals surface area contributed by atoms with Gasteiger partial charge in [0.2, 0.25) is 5.13 Å². The summed E-state index contributed by atoms with van der Waals surface area (Å²) in [7, 11) is 0. The molecule has 17 heavy (non-hydrogen) atoms. The maximum Gasteiger partial charge on any atom is 0.205 e. The number of hydrogen-bond donors (Lipinski definition) is 1. The molecule has 0 fully saturated rings. The highest BCUT2D eigenvalue weighted by Crippen LogP contribution is 2.22. The number of anilines is 1. The van der Waals surface area contributed by atoms with Gasteiger partial charge in [-0.15, -0.1) is 10.2 Å². The number of rotatable bonds is 4. The van der Waals surface area contributed by atoms with Gasteiger partial charge in [-0.1, -0.05) is 49.4 Å². The van der Waals surface area contributed by atoms with Crippen molar-refractivity contribution in [3.8, 4) is 0 Å². The fourth-order valence-corrected chi connectivity index (χ4v) is 2.21. The first kappa shape index (κ1) is 12.0. The fourth-order valence-electron chi connectivity index (χ4n) is 1.67. The zero-order chi connectivity index (χ0) is 12.3. The molecule has 0 aliphatic rings. The molecule has 0 saturated heterocycles. The third-order valence-electron chi connectivity index (χ3n) is 2.80. The van der Waals surface area contributed by atoms with Crippen molar-refractivity contribution >= 4 is 16.5 Å². The molecule has 0 amide bonds. The summed E-state index contributed by atoms with van der Waals surface area (Å²) in [5.41, 5.74) is 4.37. The van der Waals surface area contributed by atoms with Gasteiger partial charge >= 0.3 is 0 Å². The molecule has 0 spiro atoms. The molecule has 2 aromatic rings. The first-order chi connectivity index (χ1) is 8.16. The van der Waals surface area contributed by atoms with Gasteiger partial charge in [-0.2, -0.15) is 0 Å². The second-order valence-electron chi connectivity index (χ2n) is 4.43. The Kier molecular flexibility index (Phi) is 3.74. The van der Waals surface area contributed by atoms with Gasteiger partial charge < -0.3 is 5.32 Å². The van der Waals surface area contributed by atoms with Gasteiger partial charge in [0.15, 0.2) is 0 Å². The highest BCUT2D eigenvalue weighted by atomic mass is 32.1. The van der Waals surface area contributed by atoms with Gasteiger partial charge in [-0.25, -0.2) is 0 Å². The van der Waals surface area contributed by atoms with Gasteiger partial charge in [-0.05, 0) is 24.0 Å². The van der Waals surface area contributed by atoms with E-state index in [1.807, 2.05) is 0 Å². The Bertz CT molecular complexity index is 448. The summed E-state index contributed by atoms with van der Waals surface area (Å²) in [6.45, 7) is 6.54. The van der Waals surface area contributed by atoms with E-state index >= 15 is 0 Å². The molecule has 0 aliphatic carbocycles. The average Bonchev–Trinajstić information content (AvgIpc) is 2.82. The van der Waals surface area contributed by atoms with E-state index in [-0.39, 0.29) is 6.04 Å². The normalized spacial score (nSPS) is 12.7. The van der Waals surface area contributed by atoms with Crippen molar-refractivity contribution < 1.29 is 0 Å². The van der Waals surface area contributed by atoms with Crippen LogP contribution in [0.1, 0.15) is 43.9 Å². The molecule has 0 radical (unpaired) electrons. The second-order valence-corrected chi connectivity index (χ2v) is 5.26. The van der Waals surface area contributed by atoms with Crippen LogP contribution in [-0.4, -0.2) is 10.2 Å². The maximum absolute atomic E-state index is 3.98. The van der Waals surface area contributed by atoms with E-state index < -0.39 is 0 Å². The zero-order valence-electron chi connectivity index (χ0n) is 10.3. The Hall–Kier alpha value is -1.42. The first-order valence-electron chi connectivity index (χ1n) is 5.79. The van der Waals surface area contributed by atoms with Crippen LogP contribution in [0.3, 0.4) is 0 Å². The van der Waals surface area contributed by atoms with Crippen LogP contribution in [-0.2, 0) is 0 Å². The average molecular weight is 247 g/mol. The van der Waals surface area contributed by atoms with Crippen LogP contribution >= 0.6 is 11.3 Å². The van der Waals surface area contributed by atoms with Crippen LogP contribution in [0.15, 0.2) is 29.8 Å². The summed E-state index contributed by atoms with van der Waals surface area (Å²) in [5, 5.41) is 12.0. The smallest absolute Gasteiger partial charge is 0.205 e. The Balaban J connectivity index is 2.06. The summed E-state index contributed by atoms with van der Waals surface area (Å²) < 4.78 is 0. The molecule has 1 unspecified atom stereocenters. The van der Waals surface area contributed by atoms with Crippen molar-refractivity contribution in [1.29, 1.82) is 0 Å². The number of hydrogen-bond acceptors (Lipinski definition) is 4. The van der Waals surface area contributed by atoms with Crippen LogP contribution < -0.4 is 5.32 Å². The summed E-state index contributed by atoms with van der Waals surface area (Å²) >= 11 is 1.52. The molecular weight excluding hydrogens is 230 g/mol. The maximum atomic E-state index is 3.98. The van der Waals surface area contributed by atoms with Crippen LogP contribution in [0, 0.1) is 0 Å². The van der Waals surface area contributed by atoms with Gasteiger partial charge in [0.05, 0.1) is 6.04 Å². The van der Waals surface area contributed by atoms with E-state index in [9.17, 15) is 0 Å². The quantitative estimate of drug-likeness (QED) is 0.892. The fraction of sp³-hybridized carbons (Fsp3) is 0.385. The summed E-state index contributed by atoms with van der Waals surface area (Å²) in [5.74, 6) is 0.579. The number of nitrogens with zero attached hydrogens (tertiary/aromatic N) is 2. The van der Waals surface area contributed by atoms with Crippen LogP contribution in [0.2, 0.25) is 0 Å². The molecule has 1 heterocycles. The lowest BCUT2D eigenvalue weighted by molar-refractivity contribution is 0.849. The molecule has 0 saturated carbocycles. The minimum absolute atomic E-state index is 0.254. The van der Waals surface area contributed by atoms with E-state index in [1.165, 1.54) is 22.5 Å². The zero-order valence-corrected chi connectivity index (χ0v) is 11.2. The van der Waals surface area contributed by atoms with Gasteiger partial charge in [0.1, 0.15) is 5.51 Å². The third kappa shape index (κ3) is 3.03.